The van der Waals surface area contributed by atoms with Gasteiger partial charge < -0.3 is 24.0 Å². The van der Waals surface area contributed by atoms with E-state index in [2.05, 4.69) is 12.6 Å². The van der Waals surface area contributed by atoms with Crippen molar-refractivity contribution in [2.24, 2.45) is 0 Å². The monoisotopic (exact) mass is 377 g/mol. The van der Waals surface area contributed by atoms with Gasteiger partial charge in [-0.25, -0.2) is 9.13 Å². The Hall–Kier alpha value is -0.870. The van der Waals surface area contributed by atoms with Gasteiger partial charge in [0.15, 0.2) is 12.3 Å². The average molecular weight is 378 g/mol. The van der Waals surface area contributed by atoms with E-state index >= 15 is 0 Å². The maximum atomic E-state index is 11.8. The SMILES string of the molecule is C=CCn1cc(C#N)[n+](CC(=O)C2(Cl)CC2)c1.[I-]. The second-order valence-electron chi connectivity index (χ2n) is 4.24. The van der Waals surface area contributed by atoms with Crippen LogP contribution in [0.25, 0.3) is 0 Å². The number of carbonyl (C=O) groups is 1. The Morgan fingerprint density at radius 2 is 2.39 bits per heavy atom. The molecule has 0 N–H and O–H groups in total. The lowest BCUT2D eigenvalue weighted by Gasteiger charge is -2.02. The Kier molecular flexibility index (Phi) is 4.93. The molecule has 1 aromatic rings. The molecule has 0 aliphatic heterocycles. The third-order valence-corrected chi connectivity index (χ3v) is 3.43. The molecule has 2 rings (SSSR count). The second-order valence-corrected chi connectivity index (χ2v) is 4.97. The topological polar surface area (TPSA) is 49.7 Å². The zero-order chi connectivity index (χ0) is 12.5. The van der Waals surface area contributed by atoms with Gasteiger partial charge in [-0.3, -0.25) is 4.79 Å². The average Bonchev–Trinajstić information content (AvgIpc) is 2.93. The van der Waals surface area contributed by atoms with Crippen LogP contribution in [-0.4, -0.2) is 15.2 Å². The predicted octanol–water partition coefficient (Wildman–Crippen LogP) is -1.82. The maximum absolute atomic E-state index is 11.8. The quantitative estimate of drug-likeness (QED) is 0.263. The third-order valence-electron chi connectivity index (χ3n) is 2.84. The van der Waals surface area contributed by atoms with Crippen LogP contribution >= 0.6 is 11.6 Å². The summed E-state index contributed by atoms with van der Waals surface area (Å²) in [5.74, 6) is -0.0166. The Labute approximate surface area is 128 Å². The smallest absolute Gasteiger partial charge is 0.245 e. The molecule has 0 spiro atoms. The second kappa shape index (κ2) is 5.85. The summed E-state index contributed by atoms with van der Waals surface area (Å²) in [5, 5.41) is 8.98. The lowest BCUT2D eigenvalue weighted by atomic mass is 10.2. The largest absolute Gasteiger partial charge is 1.00 e. The van der Waals surface area contributed by atoms with Crippen LogP contribution in [0.3, 0.4) is 0 Å². The Bertz CT molecular complexity index is 514. The van der Waals surface area contributed by atoms with E-state index in [1.807, 2.05) is 4.57 Å². The number of alkyl halides is 1. The first-order valence-electron chi connectivity index (χ1n) is 5.41. The van der Waals surface area contributed by atoms with E-state index in [0.29, 0.717) is 12.2 Å². The number of allylic oxidation sites excluding steroid dienone is 1. The summed E-state index contributed by atoms with van der Waals surface area (Å²) in [4.78, 5) is 11.2. The first-order chi connectivity index (χ1) is 8.09. The fraction of sp³-hybridized carbons (Fsp3) is 0.417. The van der Waals surface area contributed by atoms with Crippen LogP contribution in [-0.2, 0) is 17.9 Å². The third kappa shape index (κ3) is 3.12. The van der Waals surface area contributed by atoms with E-state index in [1.165, 1.54) is 0 Å². The number of Topliss-reactive ketones (excluding diaryl/α,β-unsaturated/α-hetero) is 1. The fourth-order valence-corrected chi connectivity index (χ4v) is 1.81. The molecule has 0 atom stereocenters. The molecule has 18 heavy (non-hydrogen) atoms. The van der Waals surface area contributed by atoms with Crippen molar-refractivity contribution in [3.8, 4) is 6.07 Å². The maximum Gasteiger partial charge on any atom is 0.245 e. The molecule has 0 aromatic carbocycles. The number of carbonyl (C=O) groups excluding carboxylic acids is 1. The van der Waals surface area contributed by atoms with E-state index in [9.17, 15) is 4.79 Å². The van der Waals surface area contributed by atoms with Crippen LogP contribution in [0.1, 0.15) is 18.5 Å². The van der Waals surface area contributed by atoms with Crippen LogP contribution in [0.2, 0.25) is 0 Å². The van der Waals surface area contributed by atoms with Gasteiger partial charge in [-0.2, -0.15) is 5.26 Å². The number of aromatic nitrogens is 2. The molecule has 1 fully saturated rings. The molecule has 4 nitrogen and oxygen atoms in total. The van der Waals surface area contributed by atoms with Crippen molar-refractivity contribution in [3.63, 3.8) is 0 Å². The van der Waals surface area contributed by atoms with Crippen molar-refractivity contribution < 1.29 is 33.3 Å². The van der Waals surface area contributed by atoms with Crippen molar-refractivity contribution >= 4 is 17.4 Å². The molecule has 1 aromatic heterocycles. The molecule has 1 aliphatic rings. The summed E-state index contributed by atoms with van der Waals surface area (Å²) in [7, 11) is 0. The molecule has 0 amide bonds. The predicted molar refractivity (Wildman–Crippen MR) is 62.4 cm³/mol. The first-order valence-corrected chi connectivity index (χ1v) is 5.79. The molecular formula is C12H13ClIN3O. The molecule has 6 heteroatoms. The van der Waals surface area contributed by atoms with Gasteiger partial charge >= 0.3 is 0 Å². The van der Waals surface area contributed by atoms with Crippen molar-refractivity contribution in [1.82, 2.24) is 4.57 Å². The minimum atomic E-state index is -0.666. The highest BCUT2D eigenvalue weighted by molar-refractivity contribution is 6.37. The molecule has 1 saturated carbocycles. The van der Waals surface area contributed by atoms with Crippen LogP contribution in [0.5, 0.6) is 0 Å². The minimum absolute atomic E-state index is 0. The zero-order valence-electron chi connectivity index (χ0n) is 9.77. The van der Waals surface area contributed by atoms with E-state index in [4.69, 9.17) is 16.9 Å². The van der Waals surface area contributed by atoms with Gasteiger partial charge in [0.2, 0.25) is 12.0 Å². The molecule has 0 unspecified atom stereocenters. The number of nitrogens with zero attached hydrogens (tertiary/aromatic N) is 3. The summed E-state index contributed by atoms with van der Waals surface area (Å²) in [5.41, 5.74) is 0.459. The Morgan fingerprint density at radius 3 is 2.89 bits per heavy atom. The van der Waals surface area contributed by atoms with Gasteiger partial charge in [0.1, 0.15) is 23.7 Å². The zero-order valence-corrected chi connectivity index (χ0v) is 12.7. The summed E-state index contributed by atoms with van der Waals surface area (Å²) >= 11 is 6.04. The summed E-state index contributed by atoms with van der Waals surface area (Å²) in [6.45, 7) is 4.41. The van der Waals surface area contributed by atoms with E-state index in [1.54, 1.807) is 23.2 Å². The van der Waals surface area contributed by atoms with Crippen LogP contribution in [0.15, 0.2) is 25.2 Å². The van der Waals surface area contributed by atoms with Crippen LogP contribution in [0, 0.1) is 11.3 Å². The number of ketones is 1. The number of rotatable bonds is 5. The van der Waals surface area contributed by atoms with Crippen molar-refractivity contribution in [3.05, 3.63) is 30.9 Å². The normalized spacial score (nSPS) is 15.3. The van der Waals surface area contributed by atoms with Crippen LogP contribution in [0.4, 0.5) is 0 Å². The van der Waals surface area contributed by atoms with Gasteiger partial charge in [-0.05, 0) is 12.8 Å². The van der Waals surface area contributed by atoms with Gasteiger partial charge in [-0.15, -0.1) is 11.6 Å². The number of hydrogen-bond acceptors (Lipinski definition) is 2. The first kappa shape index (κ1) is 15.2. The molecule has 0 bridgehead atoms. The highest BCUT2D eigenvalue weighted by atomic mass is 127. The standard InChI is InChI=1S/C12H13ClN3O.HI/c1-2-5-15-7-10(6-14)16(9-15)8-11(17)12(13)3-4-12;/h2,7,9H,1,3-5,8H2;1H/q+1;/p-1. The van der Waals surface area contributed by atoms with E-state index < -0.39 is 4.87 Å². The molecule has 1 aliphatic carbocycles. The van der Waals surface area contributed by atoms with Gasteiger partial charge in [0.25, 0.3) is 0 Å². The Morgan fingerprint density at radius 1 is 1.72 bits per heavy atom. The van der Waals surface area contributed by atoms with Crippen LogP contribution < -0.4 is 28.5 Å². The Balaban J connectivity index is 0.00000162. The molecule has 1 heterocycles. The van der Waals surface area contributed by atoms with Crippen molar-refractivity contribution in [2.45, 2.75) is 30.8 Å². The summed E-state index contributed by atoms with van der Waals surface area (Å²) in [6, 6.07) is 2.06. The summed E-state index contributed by atoms with van der Waals surface area (Å²) in [6.07, 6.45) is 6.65. The summed E-state index contributed by atoms with van der Waals surface area (Å²) < 4.78 is 3.45. The minimum Gasteiger partial charge on any atom is -1.00 e. The van der Waals surface area contributed by atoms with Crippen molar-refractivity contribution in [2.75, 3.05) is 0 Å². The highest BCUT2D eigenvalue weighted by Gasteiger charge is 2.48. The lowest BCUT2D eigenvalue weighted by Crippen LogP contribution is -3.00. The molecule has 0 radical (unpaired) electrons. The molecular weight excluding hydrogens is 365 g/mol. The lowest BCUT2D eigenvalue weighted by molar-refractivity contribution is -0.686. The molecule has 96 valence electrons. The van der Waals surface area contributed by atoms with Gasteiger partial charge in [0, 0.05) is 0 Å². The fourth-order valence-electron chi connectivity index (χ4n) is 1.66. The van der Waals surface area contributed by atoms with E-state index in [0.717, 1.165) is 12.8 Å². The number of imidazole rings is 1. The van der Waals surface area contributed by atoms with Crippen molar-refractivity contribution in [1.29, 1.82) is 5.26 Å². The number of hydrogen-bond donors (Lipinski definition) is 0. The molecule has 0 saturated heterocycles. The van der Waals surface area contributed by atoms with Gasteiger partial charge in [-0.1, -0.05) is 12.7 Å². The van der Waals surface area contributed by atoms with E-state index in [-0.39, 0.29) is 36.3 Å². The number of nitriles is 1. The van der Waals surface area contributed by atoms with Gasteiger partial charge in [0.05, 0.1) is 0 Å². The highest BCUT2D eigenvalue weighted by Crippen LogP contribution is 2.43. The number of halogens is 2.